The summed E-state index contributed by atoms with van der Waals surface area (Å²) in [4.78, 5) is 18.6. The largest absolute Gasteiger partial charge is 0.459 e. The number of esters is 1. The number of alkyl halides is 1. The number of aliphatic hydroxyl groups is 3. The molecule has 0 saturated carbocycles. The molecular formula is C53H90FN7O11. The molecule has 5 rings (SSSR count). The Labute approximate surface area is 428 Å². The quantitative estimate of drug-likeness (QED) is 0.0779. The van der Waals surface area contributed by atoms with E-state index in [2.05, 4.69) is 10.00 Å². The number of hydrazine groups is 1. The van der Waals surface area contributed by atoms with Crippen molar-refractivity contribution in [3.8, 4) is 5.69 Å². The molecule has 1 aromatic carbocycles. The molecule has 3 aliphatic heterocycles. The highest BCUT2D eigenvalue weighted by atomic mass is 19.1. The van der Waals surface area contributed by atoms with Crippen LogP contribution in [0.3, 0.4) is 0 Å². The molecule has 0 unspecified atom stereocenters. The van der Waals surface area contributed by atoms with E-state index in [1.165, 1.54) is 19.0 Å². The van der Waals surface area contributed by atoms with Crippen LogP contribution in [0.4, 0.5) is 4.39 Å². The topological polar surface area (TPSA) is 222 Å². The van der Waals surface area contributed by atoms with Gasteiger partial charge in [-0.2, -0.15) is 5.10 Å². The molecule has 7 N–H and O–H groups in total. The van der Waals surface area contributed by atoms with Gasteiger partial charge >= 0.3 is 5.97 Å². The Kier molecular flexibility index (Phi) is 21.9. The van der Waals surface area contributed by atoms with Gasteiger partial charge in [-0.15, -0.1) is 0 Å². The molecule has 0 aliphatic carbocycles. The Morgan fingerprint density at radius 1 is 1.00 bits per heavy atom. The summed E-state index contributed by atoms with van der Waals surface area (Å²) >= 11 is 0. The van der Waals surface area contributed by atoms with Crippen molar-refractivity contribution < 1.29 is 57.7 Å². The smallest absolute Gasteiger partial charge is 0.311 e. The lowest BCUT2D eigenvalue weighted by atomic mass is 9.84. The molecule has 410 valence electrons. The minimum Gasteiger partial charge on any atom is -0.459 e. The van der Waals surface area contributed by atoms with E-state index in [4.69, 9.17) is 44.7 Å². The van der Waals surface area contributed by atoms with Gasteiger partial charge in [0.05, 0.1) is 47.7 Å². The number of nitrogens with zero attached hydrogens (tertiary/aromatic N) is 5. The third kappa shape index (κ3) is 15.2. The molecule has 0 bridgehead atoms. The van der Waals surface area contributed by atoms with Crippen LogP contribution in [0.25, 0.3) is 5.69 Å². The number of carbonyl (C=O) groups is 1. The molecular weight excluding hydrogens is 930 g/mol. The number of nitrogens with two attached hydrogens (primary N) is 2. The van der Waals surface area contributed by atoms with Gasteiger partial charge in [0.15, 0.2) is 12.6 Å². The van der Waals surface area contributed by atoms with E-state index < -0.39 is 97.0 Å². The highest BCUT2D eigenvalue weighted by Crippen LogP contribution is 2.38. The summed E-state index contributed by atoms with van der Waals surface area (Å²) in [5.74, 6) is 4.18. The molecule has 72 heavy (non-hydrogen) atoms. The van der Waals surface area contributed by atoms with E-state index in [-0.39, 0.29) is 30.6 Å². The predicted molar refractivity (Wildman–Crippen MR) is 272 cm³/mol. The van der Waals surface area contributed by atoms with Gasteiger partial charge in [0.25, 0.3) is 0 Å². The van der Waals surface area contributed by atoms with Crippen molar-refractivity contribution in [2.75, 3.05) is 48.1 Å². The van der Waals surface area contributed by atoms with Gasteiger partial charge in [0.1, 0.15) is 36.6 Å². The fourth-order valence-corrected chi connectivity index (χ4v) is 11.1. The lowest BCUT2D eigenvalue weighted by molar-refractivity contribution is -0.283. The third-order valence-corrected chi connectivity index (χ3v) is 15.6. The Morgan fingerprint density at radius 2 is 1.67 bits per heavy atom. The van der Waals surface area contributed by atoms with Gasteiger partial charge < -0.3 is 69.0 Å². The summed E-state index contributed by atoms with van der Waals surface area (Å²) in [6.07, 6.45) is 0.500. The SMILES string of the molecule is CC[C@H]1OC(=O)[C@H](C)[C@@H](O[C@H]2C[C@@](C)(OC)C[C@H](C)O2)[C@H](C)[C@@H](O[C@H]2C[C@@H](N(C)CC/C(N)=C/N(N)[C@H](CF)[C@H](OC)c3ccc(-n4cccn4)cc3)C[C@@H](C)O2)[C@H](O)C[C@@H](C)CN(C)[C@H](C)[C@@H](O)[C@]1(C)O. The second-order valence-corrected chi connectivity index (χ2v) is 21.7. The molecule has 3 fully saturated rings. The fourth-order valence-electron chi connectivity index (χ4n) is 11.1. The van der Waals surface area contributed by atoms with Crippen molar-refractivity contribution in [2.45, 2.75) is 198 Å². The maximum atomic E-state index is 14.7. The molecule has 0 spiro atoms. The molecule has 18 atom stereocenters. The van der Waals surface area contributed by atoms with Gasteiger partial charge in [0.2, 0.25) is 0 Å². The summed E-state index contributed by atoms with van der Waals surface area (Å²) < 4.78 is 61.0. The number of methoxy groups -OCH3 is 2. The maximum absolute atomic E-state index is 14.7. The monoisotopic (exact) mass is 1020 g/mol. The Balaban J connectivity index is 1.36. The highest BCUT2D eigenvalue weighted by Gasteiger charge is 2.49. The van der Waals surface area contributed by atoms with Crippen molar-refractivity contribution in [1.29, 1.82) is 0 Å². The first-order valence-electron chi connectivity index (χ1n) is 26.0. The average molecular weight is 1020 g/mol. The molecule has 0 amide bonds. The summed E-state index contributed by atoms with van der Waals surface area (Å²) in [6, 6.07) is 7.97. The average Bonchev–Trinajstić information content (AvgIpc) is 3.88. The van der Waals surface area contributed by atoms with Crippen LogP contribution >= 0.6 is 0 Å². The minimum absolute atomic E-state index is 0.0135. The number of ether oxygens (including phenoxy) is 7. The molecule has 0 radical (unpaired) electrons. The molecule has 1 aromatic heterocycles. The normalized spacial score (nSPS) is 37.1. The van der Waals surface area contributed by atoms with Crippen LogP contribution in [-0.2, 0) is 38.0 Å². The van der Waals surface area contributed by atoms with Crippen LogP contribution in [0.2, 0.25) is 0 Å². The van der Waals surface area contributed by atoms with Crippen molar-refractivity contribution in [2.24, 2.45) is 29.3 Å². The maximum Gasteiger partial charge on any atom is 0.311 e. The van der Waals surface area contributed by atoms with E-state index in [0.29, 0.717) is 57.3 Å². The van der Waals surface area contributed by atoms with Gasteiger partial charge in [-0.05, 0) is 105 Å². The molecule has 19 heteroatoms. The molecule has 2 aromatic rings. The number of halogens is 1. The lowest BCUT2D eigenvalue weighted by Gasteiger charge is -2.45. The number of aliphatic hydroxyl groups excluding tert-OH is 2. The Hall–Kier alpha value is -3.31. The second kappa shape index (κ2) is 26.4. The van der Waals surface area contributed by atoms with Crippen molar-refractivity contribution in [1.82, 2.24) is 24.6 Å². The van der Waals surface area contributed by atoms with Crippen molar-refractivity contribution in [3.05, 3.63) is 60.2 Å². The zero-order chi connectivity index (χ0) is 53.2. The predicted octanol–water partition coefficient (Wildman–Crippen LogP) is 5.22. The van der Waals surface area contributed by atoms with E-state index in [9.17, 15) is 24.5 Å². The Morgan fingerprint density at radius 3 is 2.28 bits per heavy atom. The number of cyclic esters (lactones) is 1. The number of likely N-dealkylation sites (N-methyl/N-ethyl adjacent to an activating group) is 1. The van der Waals surface area contributed by atoms with Gasteiger partial charge in [-0.1, -0.05) is 32.9 Å². The number of hydrogen-bond donors (Lipinski definition) is 5. The minimum atomic E-state index is -1.79. The van der Waals surface area contributed by atoms with Gasteiger partial charge in [-0.25, -0.2) is 14.9 Å². The standard InChI is InChI=1S/C53H90FN7O11/c1-14-44-53(9,65)50(63)37(7)59(11)30-32(2)24-43(62)48(35(5)47(36(6)51(64)70-44)72-46-28-52(8,67-13)27-34(4)69-46)71-45-26-41(25-33(3)68-45)58(10)23-20-39(55)31-60(56)42(29-54)49(66-12)38-16-18-40(19-17-38)61-22-15-21-57-61/h15-19,21-22,31-37,41-50,62-63,65H,14,20,23-30,55-56H2,1-13H3/b39-31-/t32-,33-,34+,35+,36-,37-,41+,42-,43-,44-,45+,46+,47+,48-,49-,50-,52+,53-/m1/s1. The zero-order valence-electron chi connectivity index (χ0n) is 45.3. The van der Waals surface area contributed by atoms with E-state index in [1.807, 2.05) is 97.1 Å². The molecule has 18 nitrogen and oxygen atoms in total. The number of hydrogen-bond acceptors (Lipinski definition) is 17. The first-order valence-corrected chi connectivity index (χ1v) is 26.0. The molecule has 3 saturated heterocycles. The second-order valence-electron chi connectivity index (χ2n) is 21.7. The Bertz CT molecular complexity index is 1970. The van der Waals surface area contributed by atoms with Gasteiger partial charge in [0, 0.05) is 95.3 Å². The first kappa shape index (κ1) is 59.6. The van der Waals surface area contributed by atoms with Crippen LogP contribution in [0.1, 0.15) is 119 Å². The van der Waals surface area contributed by atoms with Crippen LogP contribution in [0, 0.1) is 17.8 Å². The number of carbonyl (C=O) groups excluding carboxylic acids is 1. The first-order chi connectivity index (χ1) is 33.9. The van der Waals surface area contributed by atoms with E-state index in [0.717, 1.165) is 11.3 Å². The summed E-state index contributed by atoms with van der Waals surface area (Å²) in [5.41, 5.74) is 6.31. The van der Waals surface area contributed by atoms with Gasteiger partial charge in [-0.3, -0.25) is 4.79 Å². The zero-order valence-corrected chi connectivity index (χ0v) is 45.3. The van der Waals surface area contributed by atoms with Crippen molar-refractivity contribution >= 4 is 5.97 Å². The third-order valence-electron chi connectivity index (χ3n) is 15.6. The summed E-state index contributed by atoms with van der Waals surface area (Å²) in [5, 5.41) is 41.4. The number of aromatic nitrogens is 2. The van der Waals surface area contributed by atoms with Crippen molar-refractivity contribution in [3.63, 3.8) is 0 Å². The van der Waals surface area contributed by atoms with Crippen LogP contribution in [0.15, 0.2) is 54.6 Å². The fraction of sp³-hybridized carbons (Fsp3) is 0.774. The summed E-state index contributed by atoms with van der Waals surface area (Å²) in [7, 11) is 7.07. The van der Waals surface area contributed by atoms with Crippen LogP contribution in [0.5, 0.6) is 0 Å². The van der Waals surface area contributed by atoms with Crippen LogP contribution < -0.4 is 11.6 Å². The van der Waals surface area contributed by atoms with E-state index in [1.54, 1.807) is 38.0 Å². The van der Waals surface area contributed by atoms with E-state index >= 15 is 0 Å². The molecule has 3 aliphatic rings. The molecule has 4 heterocycles. The summed E-state index contributed by atoms with van der Waals surface area (Å²) in [6.45, 7) is 17.0. The lowest BCUT2D eigenvalue weighted by Crippen LogP contribution is -2.59. The number of benzene rings is 1. The highest BCUT2D eigenvalue weighted by molar-refractivity contribution is 5.73. The number of rotatable bonds is 17. The van der Waals surface area contributed by atoms with Crippen LogP contribution in [-0.4, -0.2) is 179 Å².